The number of fused-ring (bicyclic) bond motifs is 1. The van der Waals surface area contributed by atoms with Crippen LogP contribution >= 0.6 is 0 Å². The zero-order valence-electron chi connectivity index (χ0n) is 23.3. The van der Waals surface area contributed by atoms with E-state index >= 15 is 0 Å². The Balaban J connectivity index is 1.36. The summed E-state index contributed by atoms with van der Waals surface area (Å²) in [5.41, 5.74) is 2.15. The molecule has 2 fully saturated rings. The first-order valence-electron chi connectivity index (χ1n) is 14.3. The van der Waals surface area contributed by atoms with E-state index in [2.05, 4.69) is 28.7 Å². The van der Waals surface area contributed by atoms with Crippen molar-refractivity contribution in [1.29, 1.82) is 5.26 Å². The van der Waals surface area contributed by atoms with Gasteiger partial charge in [-0.1, -0.05) is 13.0 Å². The zero-order chi connectivity index (χ0) is 28.2. The van der Waals surface area contributed by atoms with Gasteiger partial charge in [-0.3, -0.25) is 15.4 Å². The number of hydrogen-bond acceptors (Lipinski definition) is 9. The number of pyridine rings is 1. The quantitative estimate of drug-likeness (QED) is 0.355. The molecular weight excluding hydrogens is 506 g/mol. The van der Waals surface area contributed by atoms with Gasteiger partial charge in [-0.05, 0) is 69.4 Å². The van der Waals surface area contributed by atoms with Crippen LogP contribution < -0.4 is 26.3 Å². The number of carbonyl (C=O) groups is 2. The Bertz CT molecular complexity index is 1260. The van der Waals surface area contributed by atoms with E-state index in [-0.39, 0.29) is 29.9 Å². The lowest BCUT2D eigenvalue weighted by Crippen LogP contribution is -2.59. The summed E-state index contributed by atoms with van der Waals surface area (Å²) in [6, 6.07) is 11.2. The molecule has 0 saturated carbocycles. The fourth-order valence-electron chi connectivity index (χ4n) is 6.04. The lowest BCUT2D eigenvalue weighted by Gasteiger charge is -2.47. The van der Waals surface area contributed by atoms with Crippen LogP contribution in [0.5, 0.6) is 0 Å². The molecule has 2 aromatic rings. The molecule has 1 aromatic heterocycles. The number of nitriles is 1. The summed E-state index contributed by atoms with van der Waals surface area (Å²) in [6.07, 6.45) is 6.13. The van der Waals surface area contributed by atoms with Crippen LogP contribution in [-0.4, -0.2) is 77.6 Å². The highest BCUT2D eigenvalue weighted by Gasteiger charge is 2.41. The smallest absolute Gasteiger partial charge is 0.251 e. The maximum atomic E-state index is 13.5. The molecule has 11 nitrogen and oxygen atoms in total. The van der Waals surface area contributed by atoms with Crippen molar-refractivity contribution in [1.82, 2.24) is 20.2 Å². The van der Waals surface area contributed by atoms with Crippen molar-refractivity contribution in [3.05, 3.63) is 42.0 Å². The fourth-order valence-corrected chi connectivity index (χ4v) is 6.04. The molecule has 0 spiro atoms. The van der Waals surface area contributed by atoms with Crippen LogP contribution in [0, 0.1) is 11.5 Å². The summed E-state index contributed by atoms with van der Waals surface area (Å²) in [4.78, 5) is 37.3. The predicted molar refractivity (Wildman–Crippen MR) is 155 cm³/mol. The second kappa shape index (κ2) is 12.1. The van der Waals surface area contributed by atoms with Crippen molar-refractivity contribution in [3.63, 3.8) is 0 Å². The van der Waals surface area contributed by atoms with Crippen molar-refractivity contribution >= 4 is 34.8 Å². The van der Waals surface area contributed by atoms with Gasteiger partial charge in [0.15, 0.2) is 12.0 Å². The molecule has 4 heterocycles. The van der Waals surface area contributed by atoms with Gasteiger partial charge in [0, 0.05) is 56.1 Å². The minimum absolute atomic E-state index is 0.0591. The van der Waals surface area contributed by atoms with E-state index in [1.165, 1.54) is 0 Å². The van der Waals surface area contributed by atoms with Gasteiger partial charge in [-0.15, -0.1) is 0 Å². The van der Waals surface area contributed by atoms with Gasteiger partial charge in [0.05, 0.1) is 5.69 Å². The fraction of sp³-hybridized carbons (Fsp3) is 0.517. The molecule has 4 N–H and O–H groups in total. The van der Waals surface area contributed by atoms with Crippen molar-refractivity contribution in [2.45, 2.75) is 64.1 Å². The lowest BCUT2D eigenvalue weighted by molar-refractivity contribution is -0.120. The normalized spacial score (nSPS) is 20.7. The van der Waals surface area contributed by atoms with Crippen LogP contribution in [-0.2, 0) is 4.79 Å². The third-order valence-corrected chi connectivity index (χ3v) is 8.24. The van der Waals surface area contributed by atoms with E-state index in [1.54, 1.807) is 11.0 Å². The van der Waals surface area contributed by atoms with Crippen LogP contribution in [0.3, 0.4) is 0 Å². The van der Waals surface area contributed by atoms with Gasteiger partial charge >= 0.3 is 0 Å². The zero-order valence-corrected chi connectivity index (χ0v) is 23.3. The summed E-state index contributed by atoms with van der Waals surface area (Å²) >= 11 is 0. The van der Waals surface area contributed by atoms with Crippen LogP contribution in [0.1, 0.15) is 56.3 Å². The first-order chi connectivity index (χ1) is 19.4. The van der Waals surface area contributed by atoms with Crippen LogP contribution in [0.25, 0.3) is 0 Å². The molecular formula is C29H39N9O2. The van der Waals surface area contributed by atoms with Crippen molar-refractivity contribution in [2.24, 2.45) is 5.84 Å². The molecule has 0 bridgehead atoms. The highest BCUT2D eigenvalue weighted by atomic mass is 16.2. The first kappa shape index (κ1) is 27.7. The van der Waals surface area contributed by atoms with E-state index in [4.69, 9.17) is 16.1 Å². The van der Waals surface area contributed by atoms with Gasteiger partial charge in [-0.25, -0.2) is 9.99 Å². The average molecular weight is 546 g/mol. The number of piperidine rings is 2. The third-order valence-electron chi connectivity index (χ3n) is 8.24. The molecule has 2 saturated heterocycles. The van der Waals surface area contributed by atoms with Gasteiger partial charge in [-0.2, -0.15) is 5.26 Å². The number of nitrogens with zero attached hydrogens (tertiary/aromatic N) is 6. The summed E-state index contributed by atoms with van der Waals surface area (Å²) < 4.78 is 0. The number of hydrazine groups is 1. The largest absolute Gasteiger partial charge is 0.349 e. The number of anilines is 4. The summed E-state index contributed by atoms with van der Waals surface area (Å²) in [5.74, 6) is 7.49. The number of benzene rings is 1. The maximum absolute atomic E-state index is 13.5. The second-order valence-corrected chi connectivity index (χ2v) is 10.8. The molecule has 0 radical (unpaired) electrons. The molecule has 0 unspecified atom stereocenters. The topological polar surface area (TPSA) is 134 Å². The van der Waals surface area contributed by atoms with E-state index in [0.29, 0.717) is 37.4 Å². The van der Waals surface area contributed by atoms with Gasteiger partial charge in [0.1, 0.15) is 11.9 Å². The predicted octanol–water partition coefficient (Wildman–Crippen LogP) is 2.79. The van der Waals surface area contributed by atoms with Gasteiger partial charge < -0.3 is 25.3 Å². The number of nitrogens with two attached hydrogens (primary N) is 1. The minimum Gasteiger partial charge on any atom is -0.349 e. The number of hydrogen-bond donors (Lipinski definition) is 3. The number of carbonyl (C=O) groups excluding carboxylic acids is 2. The molecule has 5 rings (SSSR count). The molecule has 0 aliphatic carbocycles. The number of likely N-dealkylation sites (N-methyl/N-ethyl adjacent to an activating group) is 1. The Morgan fingerprint density at radius 3 is 2.52 bits per heavy atom. The van der Waals surface area contributed by atoms with Gasteiger partial charge in [0.2, 0.25) is 5.91 Å². The number of nitrogens with one attached hydrogen (secondary N) is 2. The molecule has 3 aliphatic heterocycles. The van der Waals surface area contributed by atoms with Gasteiger partial charge in [0.25, 0.3) is 5.91 Å². The molecule has 40 heavy (non-hydrogen) atoms. The number of likely N-dealkylation sites (tertiary alicyclic amines) is 1. The second-order valence-electron chi connectivity index (χ2n) is 10.8. The summed E-state index contributed by atoms with van der Waals surface area (Å²) in [6.45, 7) is 7.51. The van der Waals surface area contributed by atoms with E-state index in [9.17, 15) is 9.59 Å². The molecule has 1 aromatic carbocycles. The van der Waals surface area contributed by atoms with Crippen molar-refractivity contribution in [3.8, 4) is 6.19 Å². The minimum atomic E-state index is -0.267. The van der Waals surface area contributed by atoms with Crippen molar-refractivity contribution < 1.29 is 9.59 Å². The van der Waals surface area contributed by atoms with E-state index < -0.39 is 0 Å². The number of aromatic nitrogens is 1. The summed E-state index contributed by atoms with van der Waals surface area (Å²) in [5, 5.41) is 17.4. The van der Waals surface area contributed by atoms with E-state index in [0.717, 1.165) is 56.0 Å². The summed E-state index contributed by atoms with van der Waals surface area (Å²) in [7, 11) is 0. The average Bonchev–Trinajstić information content (AvgIpc) is 2.98. The number of amides is 2. The highest BCUT2D eigenvalue weighted by molar-refractivity contribution is 6.05. The monoisotopic (exact) mass is 545 g/mol. The van der Waals surface area contributed by atoms with E-state index in [1.807, 2.05) is 47.2 Å². The highest BCUT2D eigenvalue weighted by Crippen LogP contribution is 2.39. The molecule has 3 aliphatic rings. The first-order valence-corrected chi connectivity index (χ1v) is 14.3. The maximum Gasteiger partial charge on any atom is 0.251 e. The molecule has 212 valence electrons. The molecule has 2 amide bonds. The standard InChI is InChI=1S/C29H39N9O2/c1-3-24-29(40)37(4-2)25-8-9-26(34-27(25)38(24)23-12-16-36(31)17-13-23)32-22-7-5-6-20(18-22)28(39)33-21-10-14-35(19-30)15-11-21/h5-9,18,21,23-24H,3-4,10-17,31H2,1-2H3,(H,32,34)(H,33,39)/t24-/m1/s1. The Hall–Kier alpha value is -3.88. The molecule has 11 heteroatoms. The van der Waals surface area contributed by atoms with Crippen LogP contribution in [0.4, 0.5) is 23.0 Å². The lowest BCUT2D eigenvalue weighted by atomic mass is 9.97. The Labute approximate surface area is 235 Å². The van der Waals surface area contributed by atoms with Crippen LogP contribution in [0.2, 0.25) is 0 Å². The number of rotatable bonds is 7. The Morgan fingerprint density at radius 1 is 1.10 bits per heavy atom. The van der Waals surface area contributed by atoms with Crippen LogP contribution in [0.15, 0.2) is 36.4 Å². The molecule has 1 atom stereocenters. The third kappa shape index (κ3) is 5.69. The Morgan fingerprint density at radius 2 is 1.85 bits per heavy atom. The van der Waals surface area contributed by atoms with Crippen molar-refractivity contribution in [2.75, 3.05) is 47.8 Å². The Kier molecular flexibility index (Phi) is 8.38. The SMILES string of the molecule is CC[C@@H]1C(=O)N(CC)c2ccc(Nc3cccc(C(=O)NC4CCN(C#N)CC4)c3)nc2N1C1CCN(N)CC1.